The molecule has 0 saturated heterocycles. The molecule has 0 bridgehead atoms. The molecular weight excluding hydrogens is 172 g/mol. The summed E-state index contributed by atoms with van der Waals surface area (Å²) in [7, 11) is 0. The van der Waals surface area contributed by atoms with Crippen molar-refractivity contribution in [1.82, 2.24) is 9.78 Å². The Morgan fingerprint density at radius 1 is 1.62 bits per heavy atom. The molecule has 13 heavy (non-hydrogen) atoms. The molecule has 1 heterocycles. The van der Waals surface area contributed by atoms with Crippen LogP contribution >= 0.6 is 0 Å². The highest BCUT2D eigenvalue weighted by atomic mass is 16.4. The smallest absolute Gasteiger partial charge is 0.305 e. The van der Waals surface area contributed by atoms with E-state index in [0.29, 0.717) is 5.69 Å². The number of hydrogen-bond donors (Lipinski definition) is 1. The lowest BCUT2D eigenvalue weighted by Gasteiger charge is -2.01. The van der Waals surface area contributed by atoms with Gasteiger partial charge in [-0.3, -0.25) is 9.59 Å². The number of carbonyl (C=O) groups is 1. The Morgan fingerprint density at radius 3 is 2.92 bits per heavy atom. The van der Waals surface area contributed by atoms with Crippen LogP contribution in [0, 0.1) is 6.92 Å². The van der Waals surface area contributed by atoms with E-state index in [1.807, 2.05) is 0 Å². The van der Waals surface area contributed by atoms with E-state index in [1.54, 1.807) is 13.0 Å². The van der Waals surface area contributed by atoms with Crippen LogP contribution in [-0.4, -0.2) is 20.9 Å². The quantitative estimate of drug-likeness (QED) is 0.715. The maximum Gasteiger partial charge on any atom is 0.305 e. The summed E-state index contributed by atoms with van der Waals surface area (Å²) < 4.78 is 1.16. The van der Waals surface area contributed by atoms with Gasteiger partial charge in [0.15, 0.2) is 0 Å². The van der Waals surface area contributed by atoms with Crippen molar-refractivity contribution >= 4 is 5.97 Å². The van der Waals surface area contributed by atoms with Gasteiger partial charge in [0.05, 0.1) is 18.7 Å². The summed E-state index contributed by atoms with van der Waals surface area (Å²) in [5.74, 6) is -0.935. The molecule has 1 aromatic heterocycles. The Hall–Kier alpha value is -1.65. The zero-order chi connectivity index (χ0) is 9.84. The lowest BCUT2D eigenvalue weighted by atomic mass is 10.4. The van der Waals surface area contributed by atoms with Crippen molar-refractivity contribution in [2.24, 2.45) is 0 Å². The summed E-state index contributed by atoms with van der Waals surface area (Å²) in [4.78, 5) is 21.3. The van der Waals surface area contributed by atoms with Gasteiger partial charge in [-0.15, -0.1) is 0 Å². The monoisotopic (exact) mass is 182 g/mol. The Morgan fingerprint density at radius 2 is 2.31 bits per heavy atom. The summed E-state index contributed by atoms with van der Waals surface area (Å²) in [6.45, 7) is 1.87. The van der Waals surface area contributed by atoms with E-state index in [1.165, 1.54) is 6.07 Å². The largest absolute Gasteiger partial charge is 0.481 e. The van der Waals surface area contributed by atoms with Gasteiger partial charge in [0.2, 0.25) is 0 Å². The van der Waals surface area contributed by atoms with E-state index in [2.05, 4.69) is 5.10 Å². The molecule has 5 heteroatoms. The van der Waals surface area contributed by atoms with E-state index in [0.717, 1.165) is 4.68 Å². The first-order valence-electron chi connectivity index (χ1n) is 3.86. The van der Waals surface area contributed by atoms with Gasteiger partial charge in [0.1, 0.15) is 0 Å². The first kappa shape index (κ1) is 9.44. The zero-order valence-electron chi connectivity index (χ0n) is 7.23. The van der Waals surface area contributed by atoms with Crippen LogP contribution in [0.2, 0.25) is 0 Å². The molecule has 0 aliphatic heterocycles. The molecule has 0 aliphatic rings. The molecule has 70 valence electrons. The number of rotatable bonds is 3. The molecule has 1 rings (SSSR count). The fraction of sp³-hybridized carbons (Fsp3) is 0.375. The molecule has 0 unspecified atom stereocenters. The highest BCUT2D eigenvalue weighted by Crippen LogP contribution is 1.88. The van der Waals surface area contributed by atoms with E-state index in [9.17, 15) is 9.59 Å². The second kappa shape index (κ2) is 3.84. The molecule has 0 aromatic carbocycles. The fourth-order valence-electron chi connectivity index (χ4n) is 0.913. The molecule has 0 atom stereocenters. The van der Waals surface area contributed by atoms with Crippen LogP contribution in [0.1, 0.15) is 12.1 Å². The summed E-state index contributed by atoms with van der Waals surface area (Å²) in [6, 6.07) is 2.98. The van der Waals surface area contributed by atoms with Crippen molar-refractivity contribution < 1.29 is 9.90 Å². The predicted octanol–water partition coefficient (Wildman–Crippen LogP) is 0.0264. The zero-order valence-corrected chi connectivity index (χ0v) is 7.23. The predicted molar refractivity (Wildman–Crippen MR) is 45.5 cm³/mol. The van der Waals surface area contributed by atoms with Crippen molar-refractivity contribution in [3.8, 4) is 0 Å². The van der Waals surface area contributed by atoms with Crippen LogP contribution in [0.4, 0.5) is 0 Å². The first-order chi connectivity index (χ1) is 6.09. The number of hydrogen-bond acceptors (Lipinski definition) is 3. The van der Waals surface area contributed by atoms with Crippen LogP contribution in [0.5, 0.6) is 0 Å². The molecule has 0 fully saturated rings. The standard InChI is InChI=1S/C8H10N2O3/c1-6-2-3-7(11)10(9-6)5-4-8(12)13/h2-3H,4-5H2,1H3,(H,12,13). The molecule has 0 radical (unpaired) electrons. The molecule has 1 N–H and O–H groups in total. The van der Waals surface area contributed by atoms with E-state index in [-0.39, 0.29) is 18.5 Å². The van der Waals surface area contributed by atoms with Crippen molar-refractivity contribution in [2.45, 2.75) is 19.9 Å². The lowest BCUT2D eigenvalue weighted by molar-refractivity contribution is -0.137. The average molecular weight is 182 g/mol. The maximum absolute atomic E-state index is 11.1. The molecule has 5 nitrogen and oxygen atoms in total. The maximum atomic E-state index is 11.1. The summed E-state index contributed by atoms with van der Waals surface area (Å²) in [6.07, 6.45) is -0.0869. The van der Waals surface area contributed by atoms with Crippen LogP contribution in [-0.2, 0) is 11.3 Å². The second-order valence-corrected chi connectivity index (χ2v) is 2.68. The topological polar surface area (TPSA) is 72.2 Å². The SMILES string of the molecule is Cc1ccc(=O)n(CCC(=O)O)n1. The summed E-state index contributed by atoms with van der Waals surface area (Å²) in [5, 5.41) is 12.3. The molecule has 0 amide bonds. The summed E-state index contributed by atoms with van der Waals surface area (Å²) in [5.41, 5.74) is 0.428. The number of carboxylic acids is 1. The molecule has 1 aromatic rings. The van der Waals surface area contributed by atoms with Crippen LogP contribution in [0.25, 0.3) is 0 Å². The van der Waals surface area contributed by atoms with Crippen molar-refractivity contribution in [1.29, 1.82) is 0 Å². The fourth-order valence-corrected chi connectivity index (χ4v) is 0.913. The molecule has 0 saturated carbocycles. The minimum Gasteiger partial charge on any atom is -0.481 e. The van der Waals surface area contributed by atoms with Crippen molar-refractivity contribution in [3.05, 3.63) is 28.2 Å². The van der Waals surface area contributed by atoms with Gasteiger partial charge in [-0.25, -0.2) is 4.68 Å². The Bertz CT molecular complexity index is 370. The second-order valence-electron chi connectivity index (χ2n) is 2.68. The third-order valence-electron chi connectivity index (χ3n) is 1.54. The van der Waals surface area contributed by atoms with E-state index < -0.39 is 5.97 Å². The highest BCUT2D eigenvalue weighted by molar-refractivity contribution is 5.66. The van der Waals surface area contributed by atoms with Gasteiger partial charge >= 0.3 is 5.97 Å². The Kier molecular flexibility index (Phi) is 2.79. The van der Waals surface area contributed by atoms with Gasteiger partial charge in [0.25, 0.3) is 5.56 Å². The Labute approximate surface area is 74.6 Å². The van der Waals surface area contributed by atoms with Crippen LogP contribution in [0.15, 0.2) is 16.9 Å². The van der Waals surface area contributed by atoms with Gasteiger partial charge < -0.3 is 5.11 Å². The van der Waals surface area contributed by atoms with Crippen LogP contribution < -0.4 is 5.56 Å². The minimum absolute atomic E-state index is 0.0869. The third kappa shape index (κ3) is 2.70. The van der Waals surface area contributed by atoms with Gasteiger partial charge in [-0.1, -0.05) is 0 Å². The number of aliphatic carboxylic acids is 1. The lowest BCUT2D eigenvalue weighted by Crippen LogP contribution is -2.23. The van der Waals surface area contributed by atoms with Gasteiger partial charge in [0, 0.05) is 6.07 Å². The number of nitrogens with zero attached hydrogens (tertiary/aromatic N) is 2. The molecule has 0 spiro atoms. The molecule has 0 aliphatic carbocycles. The minimum atomic E-state index is -0.935. The number of aromatic nitrogens is 2. The number of aryl methyl sites for hydroxylation is 2. The highest BCUT2D eigenvalue weighted by Gasteiger charge is 2.00. The van der Waals surface area contributed by atoms with Crippen molar-refractivity contribution in [2.75, 3.05) is 0 Å². The normalized spacial score (nSPS) is 9.92. The van der Waals surface area contributed by atoms with E-state index in [4.69, 9.17) is 5.11 Å². The molecular formula is C8H10N2O3. The van der Waals surface area contributed by atoms with Gasteiger partial charge in [-0.05, 0) is 13.0 Å². The Balaban J connectivity index is 2.82. The number of carboxylic acid groups (broad SMARTS) is 1. The van der Waals surface area contributed by atoms with Crippen LogP contribution in [0.3, 0.4) is 0 Å². The average Bonchev–Trinajstić information content (AvgIpc) is 2.06. The van der Waals surface area contributed by atoms with Crippen molar-refractivity contribution in [3.63, 3.8) is 0 Å². The summed E-state index contributed by atoms with van der Waals surface area (Å²) >= 11 is 0. The first-order valence-corrected chi connectivity index (χ1v) is 3.86. The van der Waals surface area contributed by atoms with Gasteiger partial charge in [-0.2, -0.15) is 5.10 Å². The third-order valence-corrected chi connectivity index (χ3v) is 1.54. The van der Waals surface area contributed by atoms with E-state index >= 15 is 0 Å².